The number of nitrogens with zero attached hydrogens (tertiary/aromatic N) is 2. The number of benzene rings is 1. The van der Waals surface area contributed by atoms with Crippen molar-refractivity contribution in [3.63, 3.8) is 0 Å². The first kappa shape index (κ1) is 11.0. The van der Waals surface area contributed by atoms with Gasteiger partial charge in [-0.1, -0.05) is 18.2 Å². The van der Waals surface area contributed by atoms with Gasteiger partial charge in [0.05, 0.1) is 6.54 Å². The standard InChI is InChI=1S/C14H15N3O/c1-15-13-12-9-17(8-11(12)7-16-13)14(18)10-5-3-2-4-6-10/h2-6H,7-9H2,1H3,(H,15,16). The van der Waals surface area contributed by atoms with E-state index in [2.05, 4.69) is 10.3 Å². The minimum absolute atomic E-state index is 0.0976. The normalized spacial score (nSPS) is 20.3. The lowest BCUT2D eigenvalue weighted by Gasteiger charge is -2.18. The van der Waals surface area contributed by atoms with Crippen LogP contribution in [-0.2, 0) is 0 Å². The highest BCUT2D eigenvalue weighted by Gasteiger charge is 2.32. The molecule has 0 aliphatic carbocycles. The molecule has 2 aliphatic heterocycles. The van der Waals surface area contributed by atoms with Crippen LogP contribution >= 0.6 is 0 Å². The van der Waals surface area contributed by atoms with E-state index in [9.17, 15) is 4.79 Å². The number of hydrogen-bond acceptors (Lipinski definition) is 2. The largest absolute Gasteiger partial charge is 0.366 e. The summed E-state index contributed by atoms with van der Waals surface area (Å²) in [5.74, 6) is 1.04. The summed E-state index contributed by atoms with van der Waals surface area (Å²) in [5.41, 5.74) is 3.24. The summed E-state index contributed by atoms with van der Waals surface area (Å²) in [7, 11) is 1.78. The Morgan fingerprint density at radius 1 is 1.28 bits per heavy atom. The number of carbonyl (C=O) groups is 1. The number of amidine groups is 1. The molecule has 0 fully saturated rings. The van der Waals surface area contributed by atoms with E-state index in [1.807, 2.05) is 35.2 Å². The Kier molecular flexibility index (Phi) is 2.63. The van der Waals surface area contributed by atoms with Crippen molar-refractivity contribution in [1.29, 1.82) is 0 Å². The van der Waals surface area contributed by atoms with Crippen LogP contribution in [0.5, 0.6) is 0 Å². The zero-order valence-electron chi connectivity index (χ0n) is 10.3. The summed E-state index contributed by atoms with van der Waals surface area (Å²) in [6.07, 6.45) is 0. The molecule has 4 heteroatoms. The summed E-state index contributed by atoms with van der Waals surface area (Å²) >= 11 is 0. The van der Waals surface area contributed by atoms with Crippen molar-refractivity contribution in [3.8, 4) is 0 Å². The lowest BCUT2D eigenvalue weighted by atomic mass is 10.2. The number of amides is 1. The van der Waals surface area contributed by atoms with E-state index in [1.165, 1.54) is 11.1 Å². The third-order valence-corrected chi connectivity index (χ3v) is 3.44. The molecule has 18 heavy (non-hydrogen) atoms. The number of nitrogens with one attached hydrogen (secondary N) is 1. The van der Waals surface area contributed by atoms with Gasteiger partial charge in [-0.3, -0.25) is 9.79 Å². The highest BCUT2D eigenvalue weighted by atomic mass is 16.2. The molecule has 1 amide bonds. The topological polar surface area (TPSA) is 44.7 Å². The summed E-state index contributed by atoms with van der Waals surface area (Å²) < 4.78 is 0. The highest BCUT2D eigenvalue weighted by Crippen LogP contribution is 2.23. The fourth-order valence-corrected chi connectivity index (χ4v) is 2.51. The average molecular weight is 241 g/mol. The van der Waals surface area contributed by atoms with E-state index in [0.29, 0.717) is 6.54 Å². The Balaban J connectivity index is 1.78. The first-order valence-corrected chi connectivity index (χ1v) is 6.06. The van der Waals surface area contributed by atoms with Crippen molar-refractivity contribution in [3.05, 3.63) is 47.0 Å². The van der Waals surface area contributed by atoms with Gasteiger partial charge in [-0.25, -0.2) is 0 Å². The molecule has 1 aromatic rings. The number of rotatable bonds is 1. The second-order valence-electron chi connectivity index (χ2n) is 4.54. The maximum absolute atomic E-state index is 12.3. The van der Waals surface area contributed by atoms with Crippen LogP contribution in [0, 0.1) is 0 Å². The third-order valence-electron chi connectivity index (χ3n) is 3.44. The zero-order valence-corrected chi connectivity index (χ0v) is 10.3. The SMILES string of the molecule is CN=C1NCC2=C1CN(C(=O)c1ccccc1)C2. The maximum Gasteiger partial charge on any atom is 0.254 e. The summed E-state index contributed by atoms with van der Waals surface area (Å²) in [4.78, 5) is 18.4. The number of carbonyl (C=O) groups excluding carboxylic acids is 1. The van der Waals surface area contributed by atoms with Crippen molar-refractivity contribution in [1.82, 2.24) is 10.2 Å². The molecule has 0 aromatic heterocycles. The first-order chi connectivity index (χ1) is 8.79. The van der Waals surface area contributed by atoms with Crippen LogP contribution in [0.2, 0.25) is 0 Å². The van der Waals surface area contributed by atoms with E-state index in [1.54, 1.807) is 7.05 Å². The zero-order chi connectivity index (χ0) is 12.5. The van der Waals surface area contributed by atoms with Crippen molar-refractivity contribution in [2.24, 2.45) is 4.99 Å². The summed E-state index contributed by atoms with van der Waals surface area (Å²) in [6.45, 7) is 2.21. The Labute approximate surface area is 106 Å². The molecular formula is C14H15N3O. The molecule has 0 spiro atoms. The van der Waals surface area contributed by atoms with Crippen LogP contribution in [0.25, 0.3) is 0 Å². The second-order valence-corrected chi connectivity index (χ2v) is 4.54. The van der Waals surface area contributed by atoms with Gasteiger partial charge in [-0.15, -0.1) is 0 Å². The molecule has 2 heterocycles. The lowest BCUT2D eigenvalue weighted by Crippen LogP contribution is -2.34. The van der Waals surface area contributed by atoms with Crippen LogP contribution in [0.3, 0.4) is 0 Å². The molecule has 4 nitrogen and oxygen atoms in total. The molecule has 0 saturated carbocycles. The maximum atomic E-state index is 12.3. The van der Waals surface area contributed by atoms with E-state index < -0.39 is 0 Å². The first-order valence-electron chi connectivity index (χ1n) is 6.06. The molecule has 3 rings (SSSR count). The lowest BCUT2D eigenvalue weighted by molar-refractivity contribution is 0.0796. The fraction of sp³-hybridized carbons (Fsp3) is 0.286. The van der Waals surface area contributed by atoms with Gasteiger partial charge in [0.15, 0.2) is 0 Å². The van der Waals surface area contributed by atoms with Gasteiger partial charge in [0.25, 0.3) is 5.91 Å². The van der Waals surface area contributed by atoms with E-state index in [-0.39, 0.29) is 5.91 Å². The Morgan fingerprint density at radius 3 is 2.78 bits per heavy atom. The Morgan fingerprint density at radius 2 is 2.06 bits per heavy atom. The Hall–Kier alpha value is -2.10. The summed E-state index contributed by atoms with van der Waals surface area (Å²) in [5, 5.41) is 3.25. The molecule has 1 N–H and O–H groups in total. The van der Waals surface area contributed by atoms with Crippen molar-refractivity contribution in [2.75, 3.05) is 26.7 Å². The van der Waals surface area contributed by atoms with Crippen molar-refractivity contribution >= 4 is 11.7 Å². The molecule has 0 unspecified atom stereocenters. The van der Waals surface area contributed by atoms with Gasteiger partial charge in [0.1, 0.15) is 5.84 Å². The van der Waals surface area contributed by atoms with Crippen LogP contribution in [0.4, 0.5) is 0 Å². The van der Waals surface area contributed by atoms with Gasteiger partial charge in [0.2, 0.25) is 0 Å². The molecule has 2 aliphatic rings. The third kappa shape index (κ3) is 1.70. The van der Waals surface area contributed by atoms with Crippen molar-refractivity contribution in [2.45, 2.75) is 0 Å². The van der Waals surface area contributed by atoms with E-state index in [0.717, 1.165) is 24.5 Å². The Bertz CT molecular complexity index is 545. The number of hydrogen-bond donors (Lipinski definition) is 1. The van der Waals surface area contributed by atoms with E-state index in [4.69, 9.17) is 0 Å². The molecule has 92 valence electrons. The van der Waals surface area contributed by atoms with Crippen LogP contribution in [0.1, 0.15) is 10.4 Å². The minimum Gasteiger partial charge on any atom is -0.366 e. The van der Waals surface area contributed by atoms with Crippen molar-refractivity contribution < 1.29 is 4.79 Å². The second kappa shape index (κ2) is 4.29. The van der Waals surface area contributed by atoms with Crippen LogP contribution in [0.15, 0.2) is 46.5 Å². The van der Waals surface area contributed by atoms with Crippen LogP contribution in [-0.4, -0.2) is 43.3 Å². The van der Waals surface area contributed by atoms with Crippen LogP contribution < -0.4 is 5.32 Å². The fourth-order valence-electron chi connectivity index (χ4n) is 2.51. The highest BCUT2D eigenvalue weighted by molar-refractivity contribution is 6.04. The van der Waals surface area contributed by atoms with Gasteiger partial charge >= 0.3 is 0 Å². The molecule has 0 saturated heterocycles. The predicted octanol–water partition coefficient (Wildman–Crippen LogP) is 1.07. The smallest absolute Gasteiger partial charge is 0.254 e. The molecular weight excluding hydrogens is 226 g/mol. The monoisotopic (exact) mass is 241 g/mol. The minimum atomic E-state index is 0.0976. The quantitative estimate of drug-likeness (QED) is 0.799. The molecule has 0 atom stereocenters. The molecule has 0 bridgehead atoms. The van der Waals surface area contributed by atoms with Gasteiger partial charge in [-0.05, 0) is 17.7 Å². The number of aliphatic imine (C=N–C) groups is 1. The van der Waals surface area contributed by atoms with Gasteiger partial charge < -0.3 is 10.2 Å². The van der Waals surface area contributed by atoms with Gasteiger partial charge in [0, 0.05) is 31.3 Å². The molecule has 1 aromatic carbocycles. The summed E-state index contributed by atoms with van der Waals surface area (Å²) in [6, 6.07) is 9.43. The predicted molar refractivity (Wildman–Crippen MR) is 70.7 cm³/mol. The molecule has 0 radical (unpaired) electrons. The van der Waals surface area contributed by atoms with E-state index >= 15 is 0 Å². The average Bonchev–Trinajstić information content (AvgIpc) is 2.98. The van der Waals surface area contributed by atoms with Gasteiger partial charge in [-0.2, -0.15) is 0 Å².